The molecule has 142 valence electrons. The summed E-state index contributed by atoms with van der Waals surface area (Å²) < 4.78 is 10.7. The highest BCUT2D eigenvalue weighted by atomic mass is 16.6. The van der Waals surface area contributed by atoms with Crippen LogP contribution < -0.4 is 5.32 Å². The second kappa shape index (κ2) is 8.80. The van der Waals surface area contributed by atoms with E-state index in [2.05, 4.69) is 5.32 Å². The van der Waals surface area contributed by atoms with Crippen LogP contribution in [0.4, 0.5) is 0 Å². The highest BCUT2D eigenvalue weighted by molar-refractivity contribution is 5.91. The van der Waals surface area contributed by atoms with Crippen LogP contribution in [0.15, 0.2) is 30.3 Å². The van der Waals surface area contributed by atoms with Crippen LogP contribution in [0.2, 0.25) is 0 Å². The van der Waals surface area contributed by atoms with Crippen LogP contribution in [0.3, 0.4) is 0 Å². The zero-order valence-electron chi connectivity index (χ0n) is 15.6. The zero-order chi connectivity index (χ0) is 19.3. The molecule has 0 radical (unpaired) electrons. The summed E-state index contributed by atoms with van der Waals surface area (Å²) in [5.41, 5.74) is 0.383. The van der Waals surface area contributed by atoms with Gasteiger partial charge in [0.15, 0.2) is 6.04 Å². The van der Waals surface area contributed by atoms with Crippen LogP contribution in [0.5, 0.6) is 0 Å². The minimum Gasteiger partial charge on any atom is -0.464 e. The number of benzene rings is 1. The third-order valence-electron chi connectivity index (χ3n) is 4.38. The van der Waals surface area contributed by atoms with Crippen molar-refractivity contribution in [3.8, 4) is 0 Å². The van der Waals surface area contributed by atoms with Crippen molar-refractivity contribution in [2.24, 2.45) is 5.92 Å². The minimum atomic E-state index is -0.994. The summed E-state index contributed by atoms with van der Waals surface area (Å²) in [4.78, 5) is 39.0. The van der Waals surface area contributed by atoms with Gasteiger partial charge in [0.25, 0.3) is 0 Å². The Hall–Kier alpha value is -2.41. The highest BCUT2D eigenvalue weighted by Crippen LogP contribution is 2.19. The molecule has 1 fully saturated rings. The molecule has 1 saturated heterocycles. The number of hydrogen-bond donors (Lipinski definition) is 1. The maximum Gasteiger partial charge on any atom is 0.338 e. The summed E-state index contributed by atoms with van der Waals surface area (Å²) >= 11 is 0. The van der Waals surface area contributed by atoms with Crippen LogP contribution in [0.25, 0.3) is 0 Å². The van der Waals surface area contributed by atoms with Gasteiger partial charge in [-0.05, 0) is 25.0 Å². The van der Waals surface area contributed by atoms with Gasteiger partial charge in [-0.15, -0.1) is 0 Å². The average Bonchev–Trinajstić information content (AvgIpc) is 2.73. The summed E-state index contributed by atoms with van der Waals surface area (Å²) in [6.45, 7) is 5.88. The predicted molar refractivity (Wildman–Crippen MR) is 95.5 cm³/mol. The number of esters is 2. The average molecular weight is 362 g/mol. The van der Waals surface area contributed by atoms with Gasteiger partial charge in [-0.3, -0.25) is 4.79 Å². The first-order chi connectivity index (χ1) is 12.4. The van der Waals surface area contributed by atoms with E-state index in [1.165, 1.54) is 11.9 Å². The summed E-state index contributed by atoms with van der Waals surface area (Å²) in [7, 11) is 1.54. The monoisotopic (exact) mass is 362 g/mol. The van der Waals surface area contributed by atoms with Gasteiger partial charge in [0, 0.05) is 13.6 Å². The topological polar surface area (TPSA) is 84.9 Å². The molecule has 3 atom stereocenters. The second-order valence-electron chi connectivity index (χ2n) is 6.59. The maximum atomic E-state index is 12.7. The molecular formula is C19H26N2O5. The number of nitrogens with zero attached hydrogens (tertiary/aromatic N) is 1. The largest absolute Gasteiger partial charge is 0.464 e. The first-order valence-electron chi connectivity index (χ1n) is 8.79. The summed E-state index contributed by atoms with van der Waals surface area (Å²) in [6, 6.07) is 7.08. The number of hydrogen-bond acceptors (Lipinski definition) is 6. The van der Waals surface area contributed by atoms with Crippen molar-refractivity contribution < 1.29 is 23.9 Å². The van der Waals surface area contributed by atoms with Crippen molar-refractivity contribution in [2.45, 2.75) is 39.0 Å². The van der Waals surface area contributed by atoms with Crippen molar-refractivity contribution in [2.75, 3.05) is 20.2 Å². The normalized spacial score (nSPS) is 23.5. The van der Waals surface area contributed by atoms with Crippen LogP contribution in [-0.2, 0) is 19.1 Å². The molecule has 0 aromatic heterocycles. The Morgan fingerprint density at radius 1 is 1.27 bits per heavy atom. The summed E-state index contributed by atoms with van der Waals surface area (Å²) in [5, 5.41) is 3.12. The lowest BCUT2D eigenvalue weighted by Gasteiger charge is -2.30. The lowest BCUT2D eigenvalue weighted by atomic mass is 10.0. The van der Waals surface area contributed by atoms with E-state index in [0.29, 0.717) is 5.56 Å². The molecule has 26 heavy (non-hydrogen) atoms. The number of amides is 1. The van der Waals surface area contributed by atoms with Gasteiger partial charge in [0.1, 0.15) is 6.10 Å². The van der Waals surface area contributed by atoms with Crippen LogP contribution in [-0.4, -0.2) is 61.1 Å². The summed E-state index contributed by atoms with van der Waals surface area (Å²) in [6.07, 6.45) is -0.848. The smallest absolute Gasteiger partial charge is 0.338 e. The fraction of sp³-hybridized carbons (Fsp3) is 0.526. The quantitative estimate of drug-likeness (QED) is 0.793. The number of ether oxygens (including phenoxy) is 2. The Kier molecular flexibility index (Phi) is 6.74. The summed E-state index contributed by atoms with van der Waals surface area (Å²) in [5.74, 6) is -1.33. The SMILES string of the molecule is CCOC(=O)[C@@H]1[C@@H](OC(=O)c2ccccc2)CN[C@@H](C(C)C)C(=O)N1C. The van der Waals surface area contributed by atoms with Crippen molar-refractivity contribution in [3.05, 3.63) is 35.9 Å². The van der Waals surface area contributed by atoms with Gasteiger partial charge in [0.2, 0.25) is 5.91 Å². The van der Waals surface area contributed by atoms with Crippen LogP contribution in [0.1, 0.15) is 31.1 Å². The van der Waals surface area contributed by atoms with Gasteiger partial charge < -0.3 is 19.7 Å². The molecule has 7 heteroatoms. The molecule has 1 N–H and O–H groups in total. The zero-order valence-corrected chi connectivity index (χ0v) is 15.6. The van der Waals surface area contributed by atoms with E-state index < -0.39 is 30.1 Å². The molecule has 1 aromatic carbocycles. The van der Waals surface area contributed by atoms with Gasteiger partial charge in [0.05, 0.1) is 18.2 Å². The fourth-order valence-electron chi connectivity index (χ4n) is 2.99. The molecule has 1 amide bonds. The number of carbonyl (C=O) groups is 3. The maximum absolute atomic E-state index is 12.7. The highest BCUT2D eigenvalue weighted by Gasteiger charge is 2.43. The lowest BCUT2D eigenvalue weighted by molar-refractivity contribution is -0.157. The van der Waals surface area contributed by atoms with E-state index in [9.17, 15) is 14.4 Å². The Morgan fingerprint density at radius 3 is 2.50 bits per heavy atom. The van der Waals surface area contributed by atoms with Gasteiger partial charge >= 0.3 is 11.9 Å². The van der Waals surface area contributed by atoms with E-state index in [4.69, 9.17) is 9.47 Å². The molecular weight excluding hydrogens is 336 g/mol. The first-order valence-corrected chi connectivity index (χ1v) is 8.79. The third-order valence-corrected chi connectivity index (χ3v) is 4.38. The van der Waals surface area contributed by atoms with E-state index in [-0.39, 0.29) is 25.0 Å². The Balaban J connectivity index is 2.28. The Bertz CT molecular complexity index is 647. The standard InChI is InChI=1S/C19H26N2O5/c1-5-25-19(24)16-14(26-18(23)13-9-7-6-8-10-13)11-20-15(12(2)3)17(22)21(16)4/h6-10,12,14-16,20H,5,11H2,1-4H3/t14-,15-,16-/m0/s1. The van der Waals surface area contributed by atoms with Crippen molar-refractivity contribution in [1.82, 2.24) is 10.2 Å². The molecule has 1 aromatic rings. The van der Waals surface area contributed by atoms with Gasteiger partial charge in [-0.1, -0.05) is 32.0 Å². The van der Waals surface area contributed by atoms with E-state index in [1.54, 1.807) is 37.3 Å². The lowest BCUT2D eigenvalue weighted by Crippen LogP contribution is -2.52. The fourth-order valence-corrected chi connectivity index (χ4v) is 2.99. The number of rotatable bonds is 5. The van der Waals surface area contributed by atoms with E-state index in [1.807, 2.05) is 13.8 Å². The minimum absolute atomic E-state index is 0.0244. The molecule has 0 saturated carbocycles. The second-order valence-corrected chi connectivity index (χ2v) is 6.59. The molecule has 0 aliphatic carbocycles. The number of likely N-dealkylation sites (N-methyl/N-ethyl adjacent to an activating group) is 1. The van der Waals surface area contributed by atoms with Crippen LogP contribution >= 0.6 is 0 Å². The molecule has 1 aliphatic heterocycles. The van der Waals surface area contributed by atoms with E-state index in [0.717, 1.165) is 0 Å². The molecule has 2 rings (SSSR count). The van der Waals surface area contributed by atoms with Crippen molar-refractivity contribution in [3.63, 3.8) is 0 Å². The number of carbonyl (C=O) groups excluding carboxylic acids is 3. The first kappa shape index (κ1) is 19.9. The Morgan fingerprint density at radius 2 is 1.92 bits per heavy atom. The molecule has 1 heterocycles. The molecule has 0 bridgehead atoms. The van der Waals surface area contributed by atoms with Gasteiger partial charge in [-0.2, -0.15) is 0 Å². The molecule has 1 aliphatic rings. The molecule has 0 unspecified atom stereocenters. The predicted octanol–water partition coefficient (Wildman–Crippen LogP) is 1.23. The number of nitrogens with one attached hydrogen (secondary N) is 1. The third kappa shape index (κ3) is 4.40. The van der Waals surface area contributed by atoms with Gasteiger partial charge in [-0.25, -0.2) is 9.59 Å². The molecule has 7 nitrogen and oxygen atoms in total. The van der Waals surface area contributed by atoms with Crippen molar-refractivity contribution in [1.29, 1.82) is 0 Å². The molecule has 0 spiro atoms. The van der Waals surface area contributed by atoms with E-state index >= 15 is 0 Å². The Labute approximate surface area is 153 Å². The van der Waals surface area contributed by atoms with Crippen LogP contribution in [0, 0.1) is 5.92 Å². The van der Waals surface area contributed by atoms with Crippen molar-refractivity contribution >= 4 is 17.8 Å².